The summed E-state index contributed by atoms with van der Waals surface area (Å²) in [5.74, 6) is -0.430. The van der Waals surface area contributed by atoms with Crippen molar-refractivity contribution < 1.29 is 19.1 Å². The van der Waals surface area contributed by atoms with Crippen LogP contribution in [-0.2, 0) is 12.8 Å². The quantitative estimate of drug-likeness (QED) is 0.120. The van der Waals surface area contributed by atoms with Crippen LogP contribution in [0.5, 0.6) is 11.5 Å². The smallest absolute Gasteiger partial charge is 0.287 e. The number of anilines is 1. The summed E-state index contributed by atoms with van der Waals surface area (Å²) >= 11 is 6.25. The molecule has 10 heteroatoms. The second kappa shape index (κ2) is 16.0. The van der Waals surface area contributed by atoms with Gasteiger partial charge in [-0.05, 0) is 62.3 Å². The Balaban J connectivity index is 0.00000442. The number of ether oxygens (including phenoxy) is 1. The molecule has 0 fully saturated rings. The molecule has 4 aromatic rings. The summed E-state index contributed by atoms with van der Waals surface area (Å²) in [5, 5.41) is 18.6. The minimum absolute atomic E-state index is 0. The fourth-order valence-electron chi connectivity index (χ4n) is 5.89. The Bertz CT molecular complexity index is 1660. The number of carbonyl (C=O) groups excluding carboxylic acids is 1. The number of aromatic nitrogens is 1. The maximum absolute atomic E-state index is 12.5. The number of rotatable bonds is 14. The molecule has 5 rings (SSSR count). The third kappa shape index (κ3) is 8.16. The van der Waals surface area contributed by atoms with Crippen LogP contribution in [0.2, 0.25) is 5.02 Å². The Hall–Kier alpha value is -3.49. The molecule has 0 saturated carbocycles. The van der Waals surface area contributed by atoms with Gasteiger partial charge in [-0.25, -0.2) is 0 Å². The summed E-state index contributed by atoms with van der Waals surface area (Å²) in [6.07, 6.45) is 13.5. The minimum atomic E-state index is -0.475. The number of hydrogen-bond donors (Lipinski definition) is 3. The first-order chi connectivity index (χ1) is 20.9. The standard InChI is InChI=1S/C34H40ClN3O5.ClH/c1-42-23-19-28(39)32-29(40)21-31(43-30(32)20-23)34(41)37-17-11-7-5-3-2-4-6-10-16-36-33-24-12-8-9-13-26(24)38-27-18-22(35)14-15-25(27)33;/h14-15,18-21,39H,2-13,16-17H2,1H3,(H,36,38)(H,37,41);1H. The van der Waals surface area contributed by atoms with Crippen molar-refractivity contribution in [2.75, 3.05) is 25.5 Å². The summed E-state index contributed by atoms with van der Waals surface area (Å²) < 4.78 is 10.7. The monoisotopic (exact) mass is 641 g/mol. The van der Waals surface area contributed by atoms with Gasteiger partial charge >= 0.3 is 0 Å². The number of phenolic OH excluding ortho intramolecular Hbond substituents is 1. The number of hydrogen-bond acceptors (Lipinski definition) is 7. The van der Waals surface area contributed by atoms with Gasteiger partial charge in [0.05, 0.1) is 12.6 Å². The van der Waals surface area contributed by atoms with Gasteiger partial charge in [0.25, 0.3) is 5.91 Å². The molecule has 2 heterocycles. The van der Waals surface area contributed by atoms with E-state index in [9.17, 15) is 14.7 Å². The number of pyridine rings is 1. The average Bonchev–Trinajstić information content (AvgIpc) is 3.00. The number of fused-ring (bicyclic) bond motifs is 3. The lowest BCUT2D eigenvalue weighted by molar-refractivity contribution is 0.0925. The molecular formula is C34H41Cl2N3O5. The van der Waals surface area contributed by atoms with Gasteiger partial charge in [0.2, 0.25) is 0 Å². The lowest BCUT2D eigenvalue weighted by atomic mass is 9.92. The Morgan fingerprint density at radius 2 is 1.68 bits per heavy atom. The van der Waals surface area contributed by atoms with Crippen LogP contribution in [0.4, 0.5) is 5.69 Å². The molecule has 2 aromatic carbocycles. The number of aryl methyl sites for hydroxylation is 1. The van der Waals surface area contributed by atoms with E-state index in [0.29, 0.717) is 12.3 Å². The van der Waals surface area contributed by atoms with E-state index in [1.54, 1.807) is 0 Å². The molecule has 44 heavy (non-hydrogen) atoms. The molecule has 0 unspecified atom stereocenters. The lowest BCUT2D eigenvalue weighted by Crippen LogP contribution is -2.25. The highest BCUT2D eigenvalue weighted by molar-refractivity contribution is 6.31. The number of phenols is 1. The van der Waals surface area contributed by atoms with E-state index in [0.717, 1.165) is 61.7 Å². The predicted molar refractivity (Wildman–Crippen MR) is 179 cm³/mol. The number of halogens is 2. The molecule has 0 bridgehead atoms. The zero-order chi connectivity index (χ0) is 30.2. The molecule has 236 valence electrons. The van der Waals surface area contributed by atoms with Gasteiger partial charge in [0, 0.05) is 53.1 Å². The van der Waals surface area contributed by atoms with Gasteiger partial charge in [0.15, 0.2) is 11.2 Å². The highest BCUT2D eigenvalue weighted by atomic mass is 35.5. The molecule has 0 atom stereocenters. The third-order valence-corrected chi connectivity index (χ3v) is 8.39. The maximum atomic E-state index is 12.5. The van der Waals surface area contributed by atoms with E-state index in [1.807, 2.05) is 12.1 Å². The third-order valence-electron chi connectivity index (χ3n) is 8.16. The van der Waals surface area contributed by atoms with Gasteiger partial charge in [0.1, 0.15) is 22.5 Å². The van der Waals surface area contributed by atoms with Crippen molar-refractivity contribution in [3.05, 3.63) is 68.7 Å². The first-order valence-corrected chi connectivity index (χ1v) is 15.8. The summed E-state index contributed by atoms with van der Waals surface area (Å²) in [7, 11) is 1.45. The number of benzene rings is 2. The van der Waals surface area contributed by atoms with Crippen molar-refractivity contribution in [2.45, 2.75) is 77.0 Å². The van der Waals surface area contributed by atoms with Gasteiger partial charge in [-0.1, -0.05) is 50.1 Å². The van der Waals surface area contributed by atoms with Gasteiger partial charge in [-0.2, -0.15) is 0 Å². The van der Waals surface area contributed by atoms with Crippen LogP contribution in [0.1, 0.15) is 86.0 Å². The van der Waals surface area contributed by atoms with Gasteiger partial charge < -0.3 is 24.9 Å². The van der Waals surface area contributed by atoms with E-state index in [2.05, 4.69) is 16.7 Å². The number of amides is 1. The molecule has 1 aliphatic carbocycles. The number of aromatic hydroxyl groups is 1. The van der Waals surface area contributed by atoms with Crippen molar-refractivity contribution in [1.82, 2.24) is 10.3 Å². The van der Waals surface area contributed by atoms with Crippen molar-refractivity contribution in [2.24, 2.45) is 0 Å². The van der Waals surface area contributed by atoms with E-state index < -0.39 is 11.3 Å². The fourth-order valence-corrected chi connectivity index (χ4v) is 6.05. The molecule has 0 radical (unpaired) electrons. The second-order valence-electron chi connectivity index (χ2n) is 11.3. The minimum Gasteiger partial charge on any atom is -0.507 e. The van der Waals surface area contributed by atoms with E-state index in [4.69, 9.17) is 25.7 Å². The summed E-state index contributed by atoms with van der Waals surface area (Å²) in [6.45, 7) is 1.47. The van der Waals surface area contributed by atoms with Crippen LogP contribution in [0.3, 0.4) is 0 Å². The number of methoxy groups -OCH3 is 1. The number of carbonyl (C=O) groups is 1. The van der Waals surface area contributed by atoms with E-state index in [1.165, 1.54) is 80.1 Å². The largest absolute Gasteiger partial charge is 0.507 e. The van der Waals surface area contributed by atoms with Crippen LogP contribution in [0.15, 0.2) is 45.6 Å². The Kier molecular flexibility index (Phi) is 12.1. The SMILES string of the molecule is COc1cc(O)c2c(=O)cc(C(=O)NCCCCCCCCCCNc3c4c(nc5cc(Cl)ccc35)CCCC4)oc2c1.Cl. The van der Waals surface area contributed by atoms with Crippen molar-refractivity contribution in [1.29, 1.82) is 0 Å². The zero-order valence-electron chi connectivity index (χ0n) is 25.2. The van der Waals surface area contributed by atoms with Crippen molar-refractivity contribution in [3.8, 4) is 11.5 Å². The Morgan fingerprint density at radius 1 is 0.977 bits per heavy atom. The Labute approximate surface area is 268 Å². The summed E-state index contributed by atoms with van der Waals surface area (Å²) in [4.78, 5) is 29.8. The van der Waals surface area contributed by atoms with Crippen molar-refractivity contribution >= 4 is 57.5 Å². The molecule has 1 aliphatic rings. The fraction of sp³-hybridized carbons (Fsp3) is 0.441. The first-order valence-electron chi connectivity index (χ1n) is 15.4. The molecule has 0 aliphatic heterocycles. The number of unbranched alkanes of at least 4 members (excludes halogenated alkanes) is 7. The zero-order valence-corrected chi connectivity index (χ0v) is 26.7. The molecule has 1 amide bonds. The molecule has 2 aromatic heterocycles. The van der Waals surface area contributed by atoms with Gasteiger partial charge in [-0.3, -0.25) is 14.6 Å². The van der Waals surface area contributed by atoms with Crippen LogP contribution in [0, 0.1) is 0 Å². The first kappa shape index (κ1) is 33.4. The van der Waals surface area contributed by atoms with Crippen LogP contribution in [-0.4, -0.2) is 36.2 Å². The lowest BCUT2D eigenvalue weighted by Gasteiger charge is -2.22. The molecule has 0 spiro atoms. The average molecular weight is 643 g/mol. The molecule has 3 N–H and O–H groups in total. The highest BCUT2D eigenvalue weighted by Crippen LogP contribution is 2.34. The number of nitrogens with one attached hydrogen (secondary N) is 2. The molecule has 0 saturated heterocycles. The van der Waals surface area contributed by atoms with E-state index >= 15 is 0 Å². The molecule has 8 nitrogen and oxygen atoms in total. The van der Waals surface area contributed by atoms with Crippen molar-refractivity contribution in [3.63, 3.8) is 0 Å². The normalized spacial score (nSPS) is 12.5. The Morgan fingerprint density at radius 3 is 2.43 bits per heavy atom. The maximum Gasteiger partial charge on any atom is 0.287 e. The van der Waals surface area contributed by atoms with Crippen LogP contribution in [0.25, 0.3) is 21.9 Å². The molecular weight excluding hydrogens is 601 g/mol. The van der Waals surface area contributed by atoms with Crippen LogP contribution >= 0.6 is 24.0 Å². The second-order valence-corrected chi connectivity index (χ2v) is 11.7. The van der Waals surface area contributed by atoms with E-state index in [-0.39, 0.29) is 34.9 Å². The van der Waals surface area contributed by atoms with Gasteiger partial charge in [-0.15, -0.1) is 12.4 Å². The summed E-state index contributed by atoms with van der Waals surface area (Å²) in [5.41, 5.74) is 4.49. The summed E-state index contributed by atoms with van der Waals surface area (Å²) in [6, 6.07) is 9.95. The predicted octanol–water partition coefficient (Wildman–Crippen LogP) is 7.97. The highest BCUT2D eigenvalue weighted by Gasteiger charge is 2.18. The number of nitrogens with zero attached hydrogens (tertiary/aromatic N) is 1. The topological polar surface area (TPSA) is 114 Å². The van der Waals surface area contributed by atoms with Crippen LogP contribution < -0.4 is 20.8 Å².